The van der Waals surface area contributed by atoms with E-state index in [0.29, 0.717) is 12.1 Å². The second kappa shape index (κ2) is 6.85. The molecule has 0 aliphatic carbocycles. The van der Waals surface area contributed by atoms with E-state index >= 15 is 0 Å². The molecule has 0 unspecified atom stereocenters. The van der Waals surface area contributed by atoms with Gasteiger partial charge in [0, 0.05) is 16.9 Å². The van der Waals surface area contributed by atoms with Crippen molar-refractivity contribution in [2.75, 3.05) is 12.8 Å². The van der Waals surface area contributed by atoms with Crippen LogP contribution < -0.4 is 5.32 Å². The first-order chi connectivity index (χ1) is 8.98. The zero-order valence-corrected chi connectivity index (χ0v) is 12.9. The van der Waals surface area contributed by atoms with E-state index in [-0.39, 0.29) is 16.4 Å². The summed E-state index contributed by atoms with van der Waals surface area (Å²) in [5.41, 5.74) is 1.31. The van der Waals surface area contributed by atoms with E-state index in [1.165, 1.54) is 0 Å². The quantitative estimate of drug-likeness (QED) is 0.840. The third-order valence-corrected chi connectivity index (χ3v) is 5.34. The molecule has 1 amide bonds. The van der Waals surface area contributed by atoms with Crippen LogP contribution in [0.5, 0.6) is 5.75 Å². The highest BCUT2D eigenvalue weighted by Crippen LogP contribution is 2.29. The number of rotatable bonds is 6. The first-order valence-electron chi connectivity index (χ1n) is 6.61. The molecule has 4 heteroatoms. The van der Waals surface area contributed by atoms with Crippen LogP contribution in [0.1, 0.15) is 42.6 Å². The number of hydrogen-bond donors (Lipinski definition) is 2. The summed E-state index contributed by atoms with van der Waals surface area (Å²) < 4.78 is 0.113. The van der Waals surface area contributed by atoms with Crippen molar-refractivity contribution in [3.8, 4) is 5.75 Å². The Morgan fingerprint density at radius 3 is 2.47 bits per heavy atom. The smallest absolute Gasteiger partial charge is 0.251 e. The van der Waals surface area contributed by atoms with Crippen molar-refractivity contribution in [1.29, 1.82) is 0 Å². The Balaban J connectivity index is 2.72. The lowest BCUT2D eigenvalue weighted by Gasteiger charge is -2.29. The molecule has 0 saturated carbocycles. The van der Waals surface area contributed by atoms with Crippen molar-refractivity contribution in [2.24, 2.45) is 0 Å². The standard InChI is InChI=1S/C15H23NO2S/c1-5-15(6-2,19-4)10-16-14(18)12-7-8-13(17)11(3)9-12/h7-9,17H,5-6,10H2,1-4H3,(H,16,18). The monoisotopic (exact) mass is 281 g/mol. The second-order valence-corrected chi connectivity index (χ2v) is 6.05. The van der Waals surface area contributed by atoms with Crippen molar-refractivity contribution >= 4 is 17.7 Å². The number of benzene rings is 1. The van der Waals surface area contributed by atoms with E-state index in [2.05, 4.69) is 25.4 Å². The molecule has 0 bridgehead atoms. The molecule has 0 spiro atoms. The van der Waals surface area contributed by atoms with Gasteiger partial charge in [0.05, 0.1) is 0 Å². The zero-order valence-electron chi connectivity index (χ0n) is 12.1. The maximum atomic E-state index is 12.1. The summed E-state index contributed by atoms with van der Waals surface area (Å²) in [5, 5.41) is 12.5. The lowest BCUT2D eigenvalue weighted by molar-refractivity contribution is 0.0949. The topological polar surface area (TPSA) is 49.3 Å². The van der Waals surface area contributed by atoms with Gasteiger partial charge in [0.1, 0.15) is 5.75 Å². The van der Waals surface area contributed by atoms with E-state index in [0.717, 1.165) is 18.4 Å². The van der Waals surface area contributed by atoms with Gasteiger partial charge in [-0.05, 0) is 49.8 Å². The third-order valence-electron chi connectivity index (χ3n) is 3.75. The Hall–Kier alpha value is -1.16. The summed E-state index contributed by atoms with van der Waals surface area (Å²) >= 11 is 1.81. The molecule has 0 radical (unpaired) electrons. The summed E-state index contributed by atoms with van der Waals surface area (Å²) in [6, 6.07) is 4.92. The van der Waals surface area contributed by atoms with Gasteiger partial charge in [0.15, 0.2) is 0 Å². The number of nitrogens with one attached hydrogen (secondary N) is 1. The molecule has 2 N–H and O–H groups in total. The van der Waals surface area contributed by atoms with Crippen molar-refractivity contribution in [2.45, 2.75) is 38.4 Å². The molecular weight excluding hydrogens is 258 g/mol. The van der Waals surface area contributed by atoms with Crippen molar-refractivity contribution in [3.63, 3.8) is 0 Å². The van der Waals surface area contributed by atoms with E-state index < -0.39 is 0 Å². The Labute approximate surface area is 119 Å². The van der Waals surface area contributed by atoms with Gasteiger partial charge < -0.3 is 10.4 Å². The van der Waals surface area contributed by atoms with Crippen LogP contribution in [0.3, 0.4) is 0 Å². The largest absolute Gasteiger partial charge is 0.508 e. The highest BCUT2D eigenvalue weighted by molar-refractivity contribution is 8.00. The van der Waals surface area contributed by atoms with Crippen molar-refractivity contribution in [1.82, 2.24) is 5.32 Å². The maximum Gasteiger partial charge on any atom is 0.251 e. The first-order valence-corrected chi connectivity index (χ1v) is 7.83. The summed E-state index contributed by atoms with van der Waals surface area (Å²) in [7, 11) is 0. The normalized spacial score (nSPS) is 11.4. The van der Waals surface area contributed by atoms with Crippen LogP contribution >= 0.6 is 11.8 Å². The average molecular weight is 281 g/mol. The maximum absolute atomic E-state index is 12.1. The zero-order chi connectivity index (χ0) is 14.5. The number of amides is 1. The minimum absolute atomic E-state index is 0.0802. The average Bonchev–Trinajstić information content (AvgIpc) is 2.43. The Morgan fingerprint density at radius 2 is 2.00 bits per heavy atom. The minimum Gasteiger partial charge on any atom is -0.508 e. The number of hydrogen-bond acceptors (Lipinski definition) is 3. The number of aryl methyl sites for hydroxylation is 1. The van der Waals surface area contributed by atoms with Crippen LogP contribution in [0.25, 0.3) is 0 Å². The molecule has 0 heterocycles. The van der Waals surface area contributed by atoms with E-state index in [9.17, 15) is 9.90 Å². The van der Waals surface area contributed by atoms with Crippen LogP contribution in [0.15, 0.2) is 18.2 Å². The second-order valence-electron chi connectivity index (χ2n) is 4.78. The number of aromatic hydroxyl groups is 1. The SMILES string of the molecule is CCC(CC)(CNC(=O)c1ccc(O)c(C)c1)SC. The molecule has 0 saturated heterocycles. The fourth-order valence-corrected chi connectivity index (χ4v) is 2.79. The van der Waals surface area contributed by atoms with E-state index in [4.69, 9.17) is 0 Å². The Bertz CT molecular complexity index is 434. The lowest BCUT2D eigenvalue weighted by Crippen LogP contribution is -2.39. The molecule has 1 aromatic carbocycles. The first kappa shape index (κ1) is 15.9. The van der Waals surface area contributed by atoms with Crippen molar-refractivity contribution in [3.05, 3.63) is 29.3 Å². The predicted octanol–water partition coefficient (Wildman–Crippen LogP) is 3.35. The molecule has 106 valence electrons. The van der Waals surface area contributed by atoms with Crippen LogP contribution in [0.2, 0.25) is 0 Å². The van der Waals surface area contributed by atoms with Gasteiger partial charge in [-0.2, -0.15) is 11.8 Å². The molecule has 0 fully saturated rings. The Kier molecular flexibility index (Phi) is 5.73. The number of carbonyl (C=O) groups is 1. The van der Waals surface area contributed by atoms with E-state index in [1.807, 2.05) is 0 Å². The van der Waals surface area contributed by atoms with Gasteiger partial charge in [-0.15, -0.1) is 0 Å². The number of thioether (sulfide) groups is 1. The van der Waals surface area contributed by atoms with Crippen molar-refractivity contribution < 1.29 is 9.90 Å². The van der Waals surface area contributed by atoms with Crippen LogP contribution in [0, 0.1) is 6.92 Å². The number of carbonyl (C=O) groups excluding carboxylic acids is 1. The van der Waals surface area contributed by atoms with Crippen LogP contribution in [-0.2, 0) is 0 Å². The summed E-state index contributed by atoms with van der Waals surface area (Å²) in [4.78, 5) is 12.1. The molecule has 0 aliphatic heterocycles. The molecule has 3 nitrogen and oxygen atoms in total. The van der Waals surface area contributed by atoms with E-state index in [1.54, 1.807) is 36.9 Å². The molecule has 1 aromatic rings. The summed E-state index contributed by atoms with van der Waals surface area (Å²) in [5.74, 6) is 0.139. The summed E-state index contributed by atoms with van der Waals surface area (Å²) in [6.07, 6.45) is 4.14. The molecule has 19 heavy (non-hydrogen) atoms. The summed E-state index contributed by atoms with van der Waals surface area (Å²) in [6.45, 7) is 6.75. The third kappa shape index (κ3) is 3.90. The Morgan fingerprint density at radius 1 is 1.37 bits per heavy atom. The molecule has 0 aromatic heterocycles. The van der Waals surface area contributed by atoms with Gasteiger partial charge in [0.2, 0.25) is 0 Å². The molecular formula is C15H23NO2S. The molecule has 0 atom stereocenters. The van der Waals surface area contributed by atoms with Gasteiger partial charge in [0.25, 0.3) is 5.91 Å². The fraction of sp³-hybridized carbons (Fsp3) is 0.533. The lowest BCUT2D eigenvalue weighted by atomic mass is 10.0. The molecule has 1 rings (SSSR count). The van der Waals surface area contributed by atoms with Gasteiger partial charge in [-0.1, -0.05) is 13.8 Å². The van der Waals surface area contributed by atoms with Gasteiger partial charge in [-0.25, -0.2) is 0 Å². The molecule has 0 aliphatic rings. The van der Waals surface area contributed by atoms with Crippen LogP contribution in [-0.4, -0.2) is 28.6 Å². The number of phenolic OH excluding ortho intramolecular Hbond substituents is 1. The highest BCUT2D eigenvalue weighted by atomic mass is 32.2. The number of phenols is 1. The van der Waals surface area contributed by atoms with Gasteiger partial charge >= 0.3 is 0 Å². The predicted molar refractivity (Wildman–Crippen MR) is 82.0 cm³/mol. The fourth-order valence-electron chi connectivity index (χ4n) is 2.00. The van der Waals surface area contributed by atoms with Gasteiger partial charge in [-0.3, -0.25) is 4.79 Å². The highest BCUT2D eigenvalue weighted by Gasteiger charge is 2.25. The van der Waals surface area contributed by atoms with Crippen LogP contribution in [0.4, 0.5) is 0 Å². The minimum atomic E-state index is -0.0802.